The zero-order valence-corrected chi connectivity index (χ0v) is 15.5. The van der Waals surface area contributed by atoms with E-state index in [0.717, 1.165) is 0 Å². The topological polar surface area (TPSA) is 99.4 Å². The average Bonchev–Trinajstić information content (AvgIpc) is 2.71. The molecule has 0 atom stereocenters. The molecule has 28 heavy (non-hydrogen) atoms. The highest BCUT2D eigenvalue weighted by Gasteiger charge is 2.15. The van der Waals surface area contributed by atoms with Crippen LogP contribution in [0.1, 0.15) is 17.3 Å². The highest BCUT2D eigenvalue weighted by atomic mass is 16.7. The van der Waals surface area contributed by atoms with Crippen LogP contribution in [-0.2, 0) is 9.63 Å². The fourth-order valence-corrected chi connectivity index (χ4v) is 2.48. The Labute approximate surface area is 160 Å². The molecule has 0 radical (unpaired) electrons. The van der Waals surface area contributed by atoms with Gasteiger partial charge >= 0.3 is 5.97 Å². The number of hydrogen-bond donors (Lipinski definition) is 1. The largest absolute Gasteiger partial charge is 0.497 e. The lowest BCUT2D eigenvalue weighted by atomic mass is 10.1. The number of carbonyl (C=O) groups is 2. The summed E-state index contributed by atoms with van der Waals surface area (Å²) in [6.07, 6.45) is 0. The van der Waals surface area contributed by atoms with Crippen LogP contribution in [0.25, 0.3) is 11.0 Å². The van der Waals surface area contributed by atoms with Crippen LogP contribution < -0.4 is 20.3 Å². The van der Waals surface area contributed by atoms with E-state index in [4.69, 9.17) is 13.9 Å². The number of hydrogen-bond acceptors (Lipinski definition) is 7. The number of benzene rings is 2. The van der Waals surface area contributed by atoms with E-state index in [0.29, 0.717) is 28.2 Å². The lowest BCUT2D eigenvalue weighted by Crippen LogP contribution is -2.22. The van der Waals surface area contributed by atoms with Crippen molar-refractivity contribution in [2.75, 3.05) is 19.5 Å². The van der Waals surface area contributed by atoms with E-state index >= 15 is 0 Å². The number of para-hydroxylation sites is 1. The van der Waals surface area contributed by atoms with Crippen LogP contribution in [-0.4, -0.2) is 26.1 Å². The first-order chi connectivity index (χ1) is 13.5. The van der Waals surface area contributed by atoms with E-state index in [-0.39, 0.29) is 11.1 Å². The molecule has 2 aromatic carbocycles. The van der Waals surface area contributed by atoms with Gasteiger partial charge in [0.1, 0.15) is 22.6 Å². The summed E-state index contributed by atoms with van der Waals surface area (Å²) in [4.78, 5) is 28.6. The SMILES string of the molecule is COc1cc(NC(=O)c2cc3ccccc3oc2=NOC(C)=O)cc(OC)c1. The Morgan fingerprint density at radius 3 is 2.32 bits per heavy atom. The molecule has 8 nitrogen and oxygen atoms in total. The van der Waals surface area contributed by atoms with E-state index < -0.39 is 11.9 Å². The van der Waals surface area contributed by atoms with Crippen LogP contribution in [0.3, 0.4) is 0 Å². The van der Waals surface area contributed by atoms with Gasteiger partial charge in [-0.3, -0.25) is 4.79 Å². The predicted molar refractivity (Wildman–Crippen MR) is 101 cm³/mol. The molecule has 1 aromatic heterocycles. The van der Waals surface area contributed by atoms with Crippen molar-refractivity contribution >= 4 is 28.5 Å². The number of ether oxygens (including phenoxy) is 2. The smallest absolute Gasteiger partial charge is 0.332 e. The summed E-state index contributed by atoms with van der Waals surface area (Å²) < 4.78 is 16.0. The summed E-state index contributed by atoms with van der Waals surface area (Å²) in [6, 6.07) is 13.7. The average molecular weight is 382 g/mol. The van der Waals surface area contributed by atoms with E-state index in [1.807, 2.05) is 6.07 Å². The van der Waals surface area contributed by atoms with Crippen molar-refractivity contribution in [1.82, 2.24) is 0 Å². The maximum Gasteiger partial charge on any atom is 0.332 e. The van der Waals surface area contributed by atoms with E-state index in [2.05, 4.69) is 15.3 Å². The first-order valence-electron chi connectivity index (χ1n) is 8.29. The third kappa shape index (κ3) is 4.29. The van der Waals surface area contributed by atoms with Gasteiger partial charge in [0.15, 0.2) is 0 Å². The second kappa shape index (κ2) is 8.26. The van der Waals surface area contributed by atoms with Crippen LogP contribution in [0.2, 0.25) is 0 Å². The number of fused-ring (bicyclic) bond motifs is 1. The summed E-state index contributed by atoms with van der Waals surface area (Å²) in [5.41, 5.74) is 0.920. The normalized spacial score (nSPS) is 11.2. The van der Waals surface area contributed by atoms with Gasteiger partial charge in [0.05, 0.1) is 14.2 Å². The Hall–Kier alpha value is -3.81. The number of amides is 1. The minimum absolute atomic E-state index is 0.0988. The monoisotopic (exact) mass is 382 g/mol. The quantitative estimate of drug-likeness (QED) is 0.538. The molecule has 0 aliphatic carbocycles. The Kier molecular flexibility index (Phi) is 5.59. The third-order valence-electron chi connectivity index (χ3n) is 3.77. The first-order valence-corrected chi connectivity index (χ1v) is 8.29. The number of methoxy groups -OCH3 is 2. The van der Waals surface area contributed by atoms with Gasteiger partial charge in [-0.15, -0.1) is 0 Å². The molecule has 0 bridgehead atoms. The molecule has 0 fully saturated rings. The van der Waals surface area contributed by atoms with Gasteiger partial charge in [-0.1, -0.05) is 18.2 Å². The summed E-state index contributed by atoms with van der Waals surface area (Å²) in [5.74, 6) is -0.103. The molecular formula is C20H18N2O6. The maximum atomic E-state index is 12.9. The summed E-state index contributed by atoms with van der Waals surface area (Å²) in [5, 5.41) is 7.09. The summed E-state index contributed by atoms with van der Waals surface area (Å²) in [7, 11) is 3.03. The second-order valence-electron chi connectivity index (χ2n) is 5.73. The molecule has 3 rings (SSSR count). The molecule has 144 valence electrons. The van der Waals surface area contributed by atoms with E-state index in [1.54, 1.807) is 42.5 Å². The lowest BCUT2D eigenvalue weighted by molar-refractivity contribution is -0.141. The standard InChI is InChI=1S/C20H18N2O6/c1-12(23)28-22-20-17(8-13-6-4-5-7-18(13)27-20)19(24)21-14-9-15(25-2)11-16(10-14)26-3/h4-11H,1-3H3,(H,21,24). The van der Waals surface area contributed by atoms with Gasteiger partial charge in [-0.05, 0) is 17.3 Å². The van der Waals surface area contributed by atoms with Crippen molar-refractivity contribution in [3.05, 3.63) is 59.6 Å². The molecule has 1 amide bonds. The van der Waals surface area contributed by atoms with Crippen molar-refractivity contribution in [2.24, 2.45) is 5.16 Å². The highest BCUT2D eigenvalue weighted by Crippen LogP contribution is 2.26. The van der Waals surface area contributed by atoms with Crippen LogP contribution in [0.5, 0.6) is 11.5 Å². The van der Waals surface area contributed by atoms with E-state index in [9.17, 15) is 9.59 Å². The summed E-state index contributed by atoms with van der Waals surface area (Å²) in [6.45, 7) is 1.20. The Morgan fingerprint density at radius 2 is 1.68 bits per heavy atom. The Morgan fingerprint density at radius 1 is 1.00 bits per heavy atom. The molecule has 0 spiro atoms. The van der Waals surface area contributed by atoms with Crippen LogP contribution >= 0.6 is 0 Å². The molecule has 1 heterocycles. The van der Waals surface area contributed by atoms with Gasteiger partial charge in [0.2, 0.25) is 0 Å². The van der Waals surface area contributed by atoms with E-state index in [1.165, 1.54) is 21.1 Å². The predicted octanol–water partition coefficient (Wildman–Crippen LogP) is 3.08. The van der Waals surface area contributed by atoms with Gasteiger partial charge in [-0.2, -0.15) is 0 Å². The molecule has 1 N–H and O–H groups in total. The zero-order chi connectivity index (χ0) is 20.1. The number of rotatable bonds is 5. The fraction of sp³-hybridized carbons (Fsp3) is 0.150. The number of carbonyl (C=O) groups excluding carboxylic acids is 2. The third-order valence-corrected chi connectivity index (χ3v) is 3.77. The lowest BCUT2D eigenvalue weighted by Gasteiger charge is -2.10. The van der Waals surface area contributed by atoms with Gasteiger partial charge < -0.3 is 24.0 Å². The highest BCUT2D eigenvalue weighted by molar-refractivity contribution is 6.05. The molecular weight excluding hydrogens is 364 g/mol. The molecule has 0 saturated carbocycles. The number of anilines is 1. The maximum absolute atomic E-state index is 12.9. The van der Waals surface area contributed by atoms with Crippen molar-refractivity contribution in [2.45, 2.75) is 6.92 Å². The van der Waals surface area contributed by atoms with Gasteiger partial charge in [0.25, 0.3) is 11.5 Å². The second-order valence-corrected chi connectivity index (χ2v) is 5.73. The van der Waals surface area contributed by atoms with Crippen molar-refractivity contribution in [3.63, 3.8) is 0 Å². The molecule has 0 saturated heterocycles. The fourth-order valence-electron chi connectivity index (χ4n) is 2.48. The van der Waals surface area contributed by atoms with Gasteiger partial charge in [-0.25, -0.2) is 4.79 Å². The summed E-state index contributed by atoms with van der Waals surface area (Å²) >= 11 is 0. The molecule has 0 unspecified atom stereocenters. The van der Waals surface area contributed by atoms with Crippen LogP contribution in [0, 0.1) is 0 Å². The first kappa shape index (κ1) is 19.0. The molecule has 8 heteroatoms. The van der Waals surface area contributed by atoms with Crippen LogP contribution in [0.4, 0.5) is 5.69 Å². The van der Waals surface area contributed by atoms with Crippen molar-refractivity contribution in [1.29, 1.82) is 0 Å². The number of nitrogens with one attached hydrogen (secondary N) is 1. The minimum atomic E-state index is -0.632. The van der Waals surface area contributed by atoms with Crippen molar-refractivity contribution < 1.29 is 28.3 Å². The molecule has 0 aliphatic rings. The van der Waals surface area contributed by atoms with Crippen molar-refractivity contribution in [3.8, 4) is 11.5 Å². The Balaban J connectivity index is 2.04. The minimum Gasteiger partial charge on any atom is -0.497 e. The van der Waals surface area contributed by atoms with Gasteiger partial charge in [0, 0.05) is 36.2 Å². The van der Waals surface area contributed by atoms with Crippen LogP contribution in [0.15, 0.2) is 58.1 Å². The Bertz CT molecular complexity index is 1080. The number of nitrogens with zero attached hydrogens (tertiary/aromatic N) is 1. The zero-order valence-electron chi connectivity index (χ0n) is 15.5. The molecule has 0 aliphatic heterocycles. The molecule has 3 aromatic rings.